The summed E-state index contributed by atoms with van der Waals surface area (Å²) in [6.07, 6.45) is 0. The van der Waals surface area contributed by atoms with Crippen LogP contribution in [0.1, 0.15) is 15.2 Å². The number of carbonyl (C=O) groups is 2. The summed E-state index contributed by atoms with van der Waals surface area (Å²) < 4.78 is 30.6. The highest BCUT2D eigenvalue weighted by Crippen LogP contribution is 2.34. The molecule has 0 saturated carbocycles. The third-order valence-corrected chi connectivity index (χ3v) is 5.49. The van der Waals surface area contributed by atoms with Crippen LogP contribution in [0.25, 0.3) is 10.1 Å². The maximum Gasteiger partial charge on any atom is 0.349 e. The summed E-state index contributed by atoms with van der Waals surface area (Å²) in [5.41, 5.74) is 1.01. The summed E-state index contributed by atoms with van der Waals surface area (Å²) in [6.45, 7) is 2.13. The number of hydrogen-bond donors (Lipinski definition) is 1. The van der Waals surface area contributed by atoms with Gasteiger partial charge in [0, 0.05) is 21.8 Å². The van der Waals surface area contributed by atoms with Crippen molar-refractivity contribution < 1.29 is 28.2 Å². The summed E-state index contributed by atoms with van der Waals surface area (Å²) in [5, 5.41) is 3.04. The SMILES string of the molecule is Cc1c(C(=O)OCC(=O)Nc2ccc3c(c2)OCCO3)sc2cccc(F)c12. The van der Waals surface area contributed by atoms with Gasteiger partial charge in [0.1, 0.15) is 23.9 Å². The van der Waals surface area contributed by atoms with Crippen molar-refractivity contribution in [3.8, 4) is 11.5 Å². The average molecular weight is 401 g/mol. The number of halogens is 1. The van der Waals surface area contributed by atoms with E-state index in [-0.39, 0.29) is 10.7 Å². The summed E-state index contributed by atoms with van der Waals surface area (Å²) in [7, 11) is 0. The van der Waals surface area contributed by atoms with Gasteiger partial charge < -0.3 is 19.5 Å². The first-order chi connectivity index (χ1) is 13.5. The monoisotopic (exact) mass is 401 g/mol. The summed E-state index contributed by atoms with van der Waals surface area (Å²) in [5.74, 6) is -0.376. The molecule has 1 N–H and O–H groups in total. The third-order valence-electron chi connectivity index (χ3n) is 4.25. The van der Waals surface area contributed by atoms with E-state index in [4.69, 9.17) is 14.2 Å². The first-order valence-electron chi connectivity index (χ1n) is 8.57. The molecule has 2 aromatic carbocycles. The second-order valence-corrected chi connectivity index (χ2v) is 7.20. The molecule has 0 saturated heterocycles. The molecule has 0 spiro atoms. The zero-order valence-electron chi connectivity index (χ0n) is 14.9. The highest BCUT2D eigenvalue weighted by molar-refractivity contribution is 7.21. The van der Waals surface area contributed by atoms with Gasteiger partial charge in [-0.2, -0.15) is 0 Å². The topological polar surface area (TPSA) is 73.9 Å². The molecule has 1 aromatic heterocycles. The second-order valence-electron chi connectivity index (χ2n) is 6.15. The number of fused-ring (bicyclic) bond motifs is 2. The number of carbonyl (C=O) groups excluding carboxylic acids is 2. The third kappa shape index (κ3) is 3.50. The Hall–Kier alpha value is -3.13. The van der Waals surface area contributed by atoms with Crippen molar-refractivity contribution >= 4 is 39.0 Å². The molecule has 0 radical (unpaired) electrons. The summed E-state index contributed by atoms with van der Waals surface area (Å²) >= 11 is 1.14. The van der Waals surface area contributed by atoms with Gasteiger partial charge in [0.05, 0.1) is 0 Å². The Morgan fingerprint density at radius 3 is 2.75 bits per heavy atom. The first kappa shape index (κ1) is 18.2. The number of amides is 1. The minimum Gasteiger partial charge on any atom is -0.486 e. The van der Waals surface area contributed by atoms with Crippen LogP contribution >= 0.6 is 11.3 Å². The van der Waals surface area contributed by atoms with Crippen molar-refractivity contribution in [2.75, 3.05) is 25.1 Å². The average Bonchev–Trinajstić information content (AvgIpc) is 3.04. The van der Waals surface area contributed by atoms with E-state index in [2.05, 4.69) is 5.32 Å². The fourth-order valence-electron chi connectivity index (χ4n) is 2.96. The maximum absolute atomic E-state index is 14.0. The number of anilines is 1. The zero-order valence-corrected chi connectivity index (χ0v) is 15.7. The van der Waals surface area contributed by atoms with Crippen LogP contribution in [-0.2, 0) is 9.53 Å². The molecule has 4 rings (SSSR count). The number of hydrogen-bond acceptors (Lipinski definition) is 6. The molecule has 0 bridgehead atoms. The molecule has 1 aliphatic heterocycles. The van der Waals surface area contributed by atoms with Gasteiger partial charge in [0.15, 0.2) is 18.1 Å². The van der Waals surface area contributed by atoms with Crippen molar-refractivity contribution in [3.05, 3.63) is 52.7 Å². The van der Waals surface area contributed by atoms with Gasteiger partial charge in [-0.3, -0.25) is 4.79 Å². The lowest BCUT2D eigenvalue weighted by atomic mass is 10.1. The fraction of sp³-hybridized carbons (Fsp3) is 0.200. The number of benzene rings is 2. The maximum atomic E-state index is 14.0. The fourth-order valence-corrected chi connectivity index (χ4v) is 4.08. The largest absolute Gasteiger partial charge is 0.486 e. The van der Waals surface area contributed by atoms with Gasteiger partial charge >= 0.3 is 5.97 Å². The van der Waals surface area contributed by atoms with Gasteiger partial charge in [0.25, 0.3) is 5.91 Å². The van der Waals surface area contributed by atoms with Crippen LogP contribution < -0.4 is 14.8 Å². The van der Waals surface area contributed by atoms with Crippen LogP contribution in [0, 0.1) is 12.7 Å². The predicted octanol–water partition coefficient (Wildman–Crippen LogP) is 3.92. The quantitative estimate of drug-likeness (QED) is 0.671. The van der Waals surface area contributed by atoms with E-state index in [0.717, 1.165) is 11.3 Å². The number of rotatable bonds is 4. The van der Waals surface area contributed by atoms with Crippen molar-refractivity contribution in [2.45, 2.75) is 6.92 Å². The van der Waals surface area contributed by atoms with E-state index >= 15 is 0 Å². The molecular weight excluding hydrogens is 385 g/mol. The molecule has 0 fully saturated rings. The van der Waals surface area contributed by atoms with Crippen LogP contribution in [-0.4, -0.2) is 31.7 Å². The Morgan fingerprint density at radius 2 is 1.96 bits per heavy atom. The molecule has 1 amide bonds. The Balaban J connectivity index is 1.40. The highest BCUT2D eigenvalue weighted by Gasteiger charge is 2.20. The van der Waals surface area contributed by atoms with Gasteiger partial charge in [-0.25, -0.2) is 9.18 Å². The van der Waals surface area contributed by atoms with Gasteiger partial charge in [-0.1, -0.05) is 6.07 Å². The van der Waals surface area contributed by atoms with E-state index in [1.165, 1.54) is 6.07 Å². The van der Waals surface area contributed by atoms with Crippen LogP contribution in [0.5, 0.6) is 11.5 Å². The minimum absolute atomic E-state index is 0.284. The number of esters is 1. The van der Waals surface area contributed by atoms with E-state index in [1.807, 2.05) is 0 Å². The van der Waals surface area contributed by atoms with Crippen molar-refractivity contribution in [2.24, 2.45) is 0 Å². The summed E-state index contributed by atoms with van der Waals surface area (Å²) in [4.78, 5) is 24.7. The number of ether oxygens (including phenoxy) is 3. The van der Waals surface area contributed by atoms with Gasteiger partial charge in [0.2, 0.25) is 0 Å². The predicted molar refractivity (Wildman–Crippen MR) is 103 cm³/mol. The minimum atomic E-state index is -0.657. The lowest BCUT2D eigenvalue weighted by Gasteiger charge is -2.19. The lowest BCUT2D eigenvalue weighted by molar-refractivity contribution is -0.119. The van der Waals surface area contributed by atoms with Crippen molar-refractivity contribution in [3.63, 3.8) is 0 Å². The Bertz CT molecular complexity index is 1080. The molecule has 28 heavy (non-hydrogen) atoms. The van der Waals surface area contributed by atoms with Crippen LogP contribution in [0.3, 0.4) is 0 Å². The van der Waals surface area contributed by atoms with Gasteiger partial charge in [-0.05, 0) is 36.8 Å². The Morgan fingerprint density at radius 1 is 1.18 bits per heavy atom. The first-order valence-corrected chi connectivity index (χ1v) is 9.39. The number of aryl methyl sites for hydroxylation is 1. The van der Waals surface area contributed by atoms with Crippen LogP contribution in [0.2, 0.25) is 0 Å². The van der Waals surface area contributed by atoms with Crippen molar-refractivity contribution in [1.29, 1.82) is 0 Å². The molecule has 1 aliphatic rings. The Kier molecular flexibility index (Phi) is 4.87. The second kappa shape index (κ2) is 7.47. The molecule has 3 aromatic rings. The normalized spacial score (nSPS) is 12.6. The molecule has 0 atom stereocenters. The molecular formula is C20H16FNO5S. The lowest BCUT2D eigenvalue weighted by Crippen LogP contribution is -2.21. The van der Waals surface area contributed by atoms with Crippen LogP contribution in [0.4, 0.5) is 10.1 Å². The van der Waals surface area contributed by atoms with E-state index in [9.17, 15) is 14.0 Å². The highest BCUT2D eigenvalue weighted by atomic mass is 32.1. The van der Waals surface area contributed by atoms with Gasteiger partial charge in [-0.15, -0.1) is 11.3 Å². The number of thiophene rings is 1. The smallest absolute Gasteiger partial charge is 0.349 e. The Labute approximate surface area is 163 Å². The zero-order chi connectivity index (χ0) is 19.7. The molecule has 8 heteroatoms. The summed E-state index contributed by atoms with van der Waals surface area (Å²) in [6, 6.07) is 9.69. The molecule has 144 valence electrons. The van der Waals surface area contributed by atoms with E-state index < -0.39 is 18.5 Å². The van der Waals surface area contributed by atoms with E-state index in [1.54, 1.807) is 37.3 Å². The standard InChI is InChI=1S/C20H16FNO5S/c1-11-18-13(21)3-2-4-16(18)28-19(11)20(24)27-10-17(23)22-12-5-6-14-15(9-12)26-8-7-25-14/h2-6,9H,7-8,10H2,1H3,(H,22,23). The number of nitrogens with one attached hydrogen (secondary N) is 1. The van der Waals surface area contributed by atoms with Crippen molar-refractivity contribution in [1.82, 2.24) is 0 Å². The molecule has 6 nitrogen and oxygen atoms in total. The molecule has 0 aliphatic carbocycles. The molecule has 2 heterocycles. The van der Waals surface area contributed by atoms with E-state index in [0.29, 0.717) is 46.0 Å². The van der Waals surface area contributed by atoms with Crippen LogP contribution in [0.15, 0.2) is 36.4 Å². The molecule has 0 unspecified atom stereocenters.